The molecule has 7 heteroatoms. The molecule has 5 fully saturated rings. The molecule has 0 amide bonds. The van der Waals surface area contributed by atoms with E-state index in [1.165, 1.54) is 97.1 Å². The largest absolute Gasteiger partial charge is 0.379 e. The van der Waals surface area contributed by atoms with Gasteiger partial charge in [-0.05, 0) is 77.8 Å². The Kier molecular flexibility index (Phi) is 23.1. The van der Waals surface area contributed by atoms with Gasteiger partial charge in [-0.3, -0.25) is 0 Å². The number of hydrogen-bond acceptors (Lipinski definition) is 7. The minimum absolute atomic E-state index is 0.889. The van der Waals surface area contributed by atoms with Crippen molar-refractivity contribution in [1.29, 1.82) is 0 Å². The molecule has 0 atom stereocenters. The maximum Gasteiger partial charge on any atom is 0.0591 e. The first-order valence-electron chi connectivity index (χ1n) is 12.8. The molecule has 0 aliphatic carbocycles. The van der Waals surface area contributed by atoms with Crippen molar-refractivity contribution in [3.63, 3.8) is 0 Å². The summed E-state index contributed by atoms with van der Waals surface area (Å²) in [4.78, 5) is 0. The van der Waals surface area contributed by atoms with Gasteiger partial charge in [-0.15, -0.1) is 0 Å². The number of piperidine rings is 1. The Hall–Kier alpha value is -0.280. The van der Waals surface area contributed by atoms with E-state index >= 15 is 0 Å². The van der Waals surface area contributed by atoms with E-state index in [1.54, 1.807) is 0 Å². The molecule has 0 aromatic carbocycles. The van der Waals surface area contributed by atoms with Crippen LogP contribution in [0, 0.1) is 0 Å². The molecule has 5 saturated heterocycles. The second-order valence-electron chi connectivity index (χ2n) is 8.29. The van der Waals surface area contributed by atoms with Crippen LogP contribution in [-0.2, 0) is 4.74 Å². The first kappa shape index (κ1) is 27.8. The predicted molar refractivity (Wildman–Crippen MR) is 130 cm³/mol. The minimum Gasteiger partial charge on any atom is -0.379 e. The standard InChI is InChI=1S/C6H13N.C5H11N.C4H10N2.C4H9NO.C4H9N/c1-2-4-6-7-5-3-1;1-2-4-6-5-3-1;1-2-6-4-3-5-1;1-3-6-4-2-5-1;1-2-4-5-3-1/h7H,1-6H2;6H,1-5H2;5-6H,1-4H2;5H,1-4H2;5H,1-4H2. The SMILES string of the molecule is C1CCCNCC1.C1CCNC1.C1CCNCC1.C1CNCCN1.C1COCCN1. The summed E-state index contributed by atoms with van der Waals surface area (Å²) in [5.41, 5.74) is 0. The number of piperazine rings is 1. The predicted octanol–water partition coefficient (Wildman–Crippen LogP) is 1.07. The maximum absolute atomic E-state index is 5.01. The summed E-state index contributed by atoms with van der Waals surface area (Å²) in [5, 5.41) is 19.5. The lowest BCUT2D eigenvalue weighted by atomic mass is 10.2. The van der Waals surface area contributed by atoms with Crippen LogP contribution in [0.15, 0.2) is 0 Å². The Morgan fingerprint density at radius 3 is 0.767 bits per heavy atom. The van der Waals surface area contributed by atoms with E-state index in [-0.39, 0.29) is 0 Å². The van der Waals surface area contributed by atoms with Gasteiger partial charge in [0, 0.05) is 39.3 Å². The zero-order valence-corrected chi connectivity index (χ0v) is 19.7. The van der Waals surface area contributed by atoms with Crippen molar-refractivity contribution < 1.29 is 4.74 Å². The van der Waals surface area contributed by atoms with Crippen molar-refractivity contribution in [2.24, 2.45) is 0 Å². The van der Waals surface area contributed by atoms with Crippen LogP contribution in [0.4, 0.5) is 0 Å². The Balaban J connectivity index is 0.000000188. The van der Waals surface area contributed by atoms with Crippen LogP contribution in [0.25, 0.3) is 0 Å². The summed E-state index contributed by atoms with van der Waals surface area (Å²) in [6.07, 6.45) is 12.6. The highest BCUT2D eigenvalue weighted by Gasteiger charge is 1.95. The van der Waals surface area contributed by atoms with Gasteiger partial charge in [0.1, 0.15) is 0 Å². The van der Waals surface area contributed by atoms with E-state index in [4.69, 9.17) is 4.74 Å². The lowest BCUT2D eigenvalue weighted by Gasteiger charge is -2.11. The Morgan fingerprint density at radius 1 is 0.267 bits per heavy atom. The maximum atomic E-state index is 5.01. The number of hydrogen-bond donors (Lipinski definition) is 6. The molecule has 0 saturated carbocycles. The zero-order valence-electron chi connectivity index (χ0n) is 19.7. The van der Waals surface area contributed by atoms with Gasteiger partial charge in [0.2, 0.25) is 0 Å². The lowest BCUT2D eigenvalue weighted by Crippen LogP contribution is -2.39. The number of morpholine rings is 1. The van der Waals surface area contributed by atoms with Gasteiger partial charge in [-0.2, -0.15) is 0 Å². The Bertz CT molecular complexity index is 216. The van der Waals surface area contributed by atoms with E-state index in [9.17, 15) is 0 Å². The summed E-state index contributed by atoms with van der Waals surface area (Å²) in [6.45, 7) is 15.9. The molecule has 0 radical (unpaired) electrons. The highest BCUT2D eigenvalue weighted by Crippen LogP contribution is 2.00. The zero-order chi connectivity index (χ0) is 21.2. The molecular formula is C23H52N6O. The van der Waals surface area contributed by atoms with Crippen molar-refractivity contribution >= 4 is 0 Å². The molecule has 5 aliphatic rings. The third kappa shape index (κ3) is 22.4. The fourth-order valence-corrected chi connectivity index (χ4v) is 3.52. The average molecular weight is 429 g/mol. The smallest absolute Gasteiger partial charge is 0.0591 e. The van der Waals surface area contributed by atoms with E-state index in [2.05, 4.69) is 31.9 Å². The summed E-state index contributed by atoms with van der Waals surface area (Å²) >= 11 is 0. The molecule has 0 spiro atoms. The molecule has 0 aromatic rings. The molecule has 30 heavy (non-hydrogen) atoms. The highest BCUT2D eigenvalue weighted by molar-refractivity contribution is 4.59. The first-order chi connectivity index (χ1) is 15.0. The second-order valence-corrected chi connectivity index (χ2v) is 8.29. The molecule has 0 unspecified atom stereocenters. The molecule has 5 aliphatic heterocycles. The highest BCUT2D eigenvalue weighted by atomic mass is 16.5. The molecule has 5 heterocycles. The van der Waals surface area contributed by atoms with Gasteiger partial charge < -0.3 is 36.6 Å². The van der Waals surface area contributed by atoms with Crippen LogP contribution in [-0.4, -0.2) is 91.8 Å². The van der Waals surface area contributed by atoms with Gasteiger partial charge in [-0.25, -0.2) is 0 Å². The summed E-state index contributed by atoms with van der Waals surface area (Å²) in [7, 11) is 0. The van der Waals surface area contributed by atoms with Gasteiger partial charge >= 0.3 is 0 Å². The molecule has 5 rings (SSSR count). The first-order valence-corrected chi connectivity index (χ1v) is 12.8. The molecule has 0 aromatic heterocycles. The fraction of sp³-hybridized carbons (Fsp3) is 1.00. The Labute approximate surface area is 186 Å². The molecule has 180 valence electrons. The quantitative estimate of drug-likeness (QED) is 0.344. The summed E-state index contributed by atoms with van der Waals surface area (Å²) < 4.78 is 5.01. The second kappa shape index (κ2) is 25.0. The van der Waals surface area contributed by atoms with Crippen LogP contribution >= 0.6 is 0 Å². The van der Waals surface area contributed by atoms with Crippen LogP contribution in [0.3, 0.4) is 0 Å². The minimum atomic E-state index is 0.889. The normalized spacial score (nSPS) is 24.0. The van der Waals surface area contributed by atoms with Gasteiger partial charge in [-0.1, -0.05) is 19.3 Å². The number of rotatable bonds is 0. The van der Waals surface area contributed by atoms with Crippen LogP contribution in [0.1, 0.15) is 57.8 Å². The van der Waals surface area contributed by atoms with E-state index in [1.807, 2.05) is 0 Å². The molecular weight excluding hydrogens is 376 g/mol. The van der Waals surface area contributed by atoms with Gasteiger partial charge in [0.05, 0.1) is 13.2 Å². The lowest BCUT2D eigenvalue weighted by molar-refractivity contribution is 0.109. The Morgan fingerprint density at radius 2 is 0.533 bits per heavy atom. The number of ether oxygens (including phenoxy) is 1. The molecule has 6 N–H and O–H groups in total. The van der Waals surface area contributed by atoms with Crippen LogP contribution in [0.5, 0.6) is 0 Å². The third-order valence-electron chi connectivity index (χ3n) is 5.42. The third-order valence-corrected chi connectivity index (χ3v) is 5.42. The average Bonchev–Trinajstić information content (AvgIpc) is 3.31. The number of nitrogens with one attached hydrogen (secondary N) is 6. The fourth-order valence-electron chi connectivity index (χ4n) is 3.52. The van der Waals surface area contributed by atoms with Crippen molar-refractivity contribution in [1.82, 2.24) is 31.9 Å². The topological polar surface area (TPSA) is 81.4 Å². The van der Waals surface area contributed by atoms with Crippen LogP contribution in [0.2, 0.25) is 0 Å². The van der Waals surface area contributed by atoms with Crippen LogP contribution < -0.4 is 31.9 Å². The van der Waals surface area contributed by atoms with E-state index < -0.39 is 0 Å². The van der Waals surface area contributed by atoms with Crippen molar-refractivity contribution in [3.8, 4) is 0 Å². The van der Waals surface area contributed by atoms with E-state index in [0.29, 0.717) is 0 Å². The monoisotopic (exact) mass is 428 g/mol. The summed E-state index contributed by atoms with van der Waals surface area (Å²) in [5.74, 6) is 0. The van der Waals surface area contributed by atoms with Crippen molar-refractivity contribution in [2.45, 2.75) is 57.8 Å². The van der Waals surface area contributed by atoms with E-state index in [0.717, 1.165) is 52.5 Å². The summed E-state index contributed by atoms with van der Waals surface area (Å²) in [6, 6.07) is 0. The molecule has 7 nitrogen and oxygen atoms in total. The van der Waals surface area contributed by atoms with Gasteiger partial charge in [0.25, 0.3) is 0 Å². The van der Waals surface area contributed by atoms with Crippen molar-refractivity contribution in [2.75, 3.05) is 91.8 Å². The molecule has 0 bridgehead atoms. The van der Waals surface area contributed by atoms with Crippen molar-refractivity contribution in [3.05, 3.63) is 0 Å². The van der Waals surface area contributed by atoms with Gasteiger partial charge in [0.15, 0.2) is 0 Å².